The highest BCUT2D eigenvalue weighted by Gasteiger charge is 2.10. The van der Waals surface area contributed by atoms with Gasteiger partial charge in [0.15, 0.2) is 0 Å². The standard InChI is InChI=1S/C14H16BrN3/c1-17-13(11-3-2-4-12(15)9-11)7-10-5-6-18-14(16)8-10/h2-6,8-9,13,17H,7H2,1H3,(H2,16,18). The predicted octanol–water partition coefficient (Wildman–Crippen LogP) is 2.93. The summed E-state index contributed by atoms with van der Waals surface area (Å²) >= 11 is 3.50. The molecule has 3 nitrogen and oxygen atoms in total. The van der Waals surface area contributed by atoms with Crippen LogP contribution in [0.25, 0.3) is 0 Å². The number of pyridine rings is 1. The molecule has 1 heterocycles. The van der Waals surface area contributed by atoms with Crippen molar-refractivity contribution < 1.29 is 0 Å². The molecule has 94 valence electrons. The van der Waals surface area contributed by atoms with Gasteiger partial charge in [-0.15, -0.1) is 0 Å². The summed E-state index contributed by atoms with van der Waals surface area (Å²) < 4.78 is 1.09. The van der Waals surface area contributed by atoms with Gasteiger partial charge < -0.3 is 11.1 Å². The third kappa shape index (κ3) is 3.31. The van der Waals surface area contributed by atoms with Crippen LogP contribution in [0.5, 0.6) is 0 Å². The van der Waals surface area contributed by atoms with Crippen LogP contribution < -0.4 is 11.1 Å². The molecule has 0 saturated heterocycles. The quantitative estimate of drug-likeness (QED) is 0.913. The minimum atomic E-state index is 0.268. The maximum Gasteiger partial charge on any atom is 0.123 e. The van der Waals surface area contributed by atoms with Crippen LogP contribution in [0.3, 0.4) is 0 Å². The molecule has 4 heteroatoms. The Hall–Kier alpha value is -1.39. The van der Waals surface area contributed by atoms with Crippen LogP contribution in [0, 0.1) is 0 Å². The highest BCUT2D eigenvalue weighted by Crippen LogP contribution is 2.21. The van der Waals surface area contributed by atoms with E-state index in [9.17, 15) is 0 Å². The van der Waals surface area contributed by atoms with Crippen molar-refractivity contribution >= 4 is 21.7 Å². The van der Waals surface area contributed by atoms with Crippen LogP contribution in [-0.2, 0) is 6.42 Å². The molecule has 0 aliphatic rings. The third-order valence-corrected chi connectivity index (χ3v) is 3.38. The summed E-state index contributed by atoms with van der Waals surface area (Å²) in [5, 5.41) is 3.33. The number of rotatable bonds is 4. The average molecular weight is 306 g/mol. The Kier molecular flexibility index (Phi) is 4.33. The number of hydrogen-bond donors (Lipinski definition) is 2. The second-order valence-corrected chi connectivity index (χ2v) is 5.11. The second kappa shape index (κ2) is 5.98. The summed E-state index contributed by atoms with van der Waals surface area (Å²) in [6, 6.07) is 12.5. The van der Waals surface area contributed by atoms with Gasteiger partial charge >= 0.3 is 0 Å². The van der Waals surface area contributed by atoms with Gasteiger partial charge in [0, 0.05) is 16.7 Å². The number of halogens is 1. The molecule has 2 rings (SSSR count). The maximum absolute atomic E-state index is 5.70. The van der Waals surface area contributed by atoms with Crippen LogP contribution in [0.2, 0.25) is 0 Å². The molecule has 0 bridgehead atoms. The number of hydrogen-bond acceptors (Lipinski definition) is 3. The van der Waals surface area contributed by atoms with Gasteiger partial charge in [-0.2, -0.15) is 0 Å². The SMILES string of the molecule is CNC(Cc1ccnc(N)c1)c1cccc(Br)c1. The monoisotopic (exact) mass is 305 g/mol. The van der Waals surface area contributed by atoms with Crippen molar-refractivity contribution in [3.05, 3.63) is 58.2 Å². The lowest BCUT2D eigenvalue weighted by Gasteiger charge is -2.17. The lowest BCUT2D eigenvalue weighted by atomic mass is 10.00. The molecule has 0 amide bonds. The number of likely N-dealkylation sites (N-methyl/N-ethyl adjacent to an activating group) is 1. The summed E-state index contributed by atoms with van der Waals surface area (Å²) in [7, 11) is 1.97. The normalized spacial score (nSPS) is 12.3. The fraction of sp³-hybridized carbons (Fsp3) is 0.214. The second-order valence-electron chi connectivity index (χ2n) is 4.19. The first-order valence-corrected chi connectivity index (χ1v) is 6.61. The molecular weight excluding hydrogens is 290 g/mol. The Morgan fingerprint density at radius 2 is 2.17 bits per heavy atom. The molecule has 0 radical (unpaired) electrons. The molecule has 0 aliphatic heterocycles. The Balaban J connectivity index is 2.19. The minimum Gasteiger partial charge on any atom is -0.384 e. The fourth-order valence-corrected chi connectivity index (χ4v) is 2.38. The van der Waals surface area contributed by atoms with Crippen molar-refractivity contribution in [2.75, 3.05) is 12.8 Å². The van der Waals surface area contributed by atoms with Crippen LogP contribution >= 0.6 is 15.9 Å². The highest BCUT2D eigenvalue weighted by atomic mass is 79.9. The number of anilines is 1. The number of nitrogen functional groups attached to an aromatic ring is 1. The van der Waals surface area contributed by atoms with Crippen molar-refractivity contribution in [3.8, 4) is 0 Å². The summed E-state index contributed by atoms with van der Waals surface area (Å²) in [6.07, 6.45) is 2.64. The molecule has 3 N–H and O–H groups in total. The van der Waals surface area contributed by atoms with Crippen molar-refractivity contribution in [3.63, 3.8) is 0 Å². The van der Waals surface area contributed by atoms with E-state index in [1.54, 1.807) is 6.20 Å². The Morgan fingerprint density at radius 3 is 2.83 bits per heavy atom. The number of aromatic nitrogens is 1. The van der Waals surface area contributed by atoms with Crippen molar-refractivity contribution in [2.24, 2.45) is 0 Å². The van der Waals surface area contributed by atoms with E-state index in [0.29, 0.717) is 5.82 Å². The topological polar surface area (TPSA) is 50.9 Å². The number of nitrogens with one attached hydrogen (secondary N) is 1. The van der Waals surface area contributed by atoms with Gasteiger partial charge in [0.1, 0.15) is 5.82 Å². The molecule has 0 fully saturated rings. The molecular formula is C14H16BrN3. The van der Waals surface area contributed by atoms with Crippen LogP contribution in [-0.4, -0.2) is 12.0 Å². The van der Waals surface area contributed by atoms with E-state index in [0.717, 1.165) is 10.9 Å². The van der Waals surface area contributed by atoms with Crippen LogP contribution in [0.4, 0.5) is 5.82 Å². The van der Waals surface area contributed by atoms with E-state index in [1.807, 2.05) is 31.3 Å². The molecule has 0 saturated carbocycles. The predicted molar refractivity (Wildman–Crippen MR) is 78.3 cm³/mol. The van der Waals surface area contributed by atoms with Crippen molar-refractivity contribution in [1.29, 1.82) is 0 Å². The smallest absolute Gasteiger partial charge is 0.123 e. The number of nitrogens with two attached hydrogens (primary N) is 1. The molecule has 0 spiro atoms. The number of nitrogens with zero attached hydrogens (tertiary/aromatic N) is 1. The van der Waals surface area contributed by atoms with Gasteiger partial charge in [-0.1, -0.05) is 28.1 Å². The molecule has 1 aromatic heterocycles. The summed E-state index contributed by atoms with van der Waals surface area (Å²) in [5.74, 6) is 0.566. The first kappa shape index (κ1) is 13.1. The Labute approximate surface area is 116 Å². The molecule has 1 aromatic carbocycles. The molecule has 1 unspecified atom stereocenters. The van der Waals surface area contributed by atoms with E-state index in [4.69, 9.17) is 5.73 Å². The summed E-state index contributed by atoms with van der Waals surface area (Å²) in [6.45, 7) is 0. The van der Waals surface area contributed by atoms with E-state index in [-0.39, 0.29) is 6.04 Å². The van der Waals surface area contributed by atoms with Gasteiger partial charge in [0.25, 0.3) is 0 Å². The average Bonchev–Trinajstić information content (AvgIpc) is 2.36. The number of benzene rings is 1. The van der Waals surface area contributed by atoms with Gasteiger partial charge in [-0.05, 0) is 48.9 Å². The van der Waals surface area contributed by atoms with Gasteiger partial charge in [-0.25, -0.2) is 4.98 Å². The largest absolute Gasteiger partial charge is 0.384 e. The van der Waals surface area contributed by atoms with Crippen LogP contribution in [0.1, 0.15) is 17.2 Å². The van der Waals surface area contributed by atoms with Crippen molar-refractivity contribution in [1.82, 2.24) is 10.3 Å². The zero-order valence-electron chi connectivity index (χ0n) is 10.2. The summed E-state index contributed by atoms with van der Waals surface area (Å²) in [5.41, 5.74) is 8.13. The Bertz CT molecular complexity index is 528. The lowest BCUT2D eigenvalue weighted by molar-refractivity contribution is 0.591. The van der Waals surface area contributed by atoms with E-state index in [1.165, 1.54) is 11.1 Å². The van der Waals surface area contributed by atoms with E-state index in [2.05, 4.69) is 38.4 Å². The molecule has 18 heavy (non-hydrogen) atoms. The minimum absolute atomic E-state index is 0.268. The summed E-state index contributed by atoms with van der Waals surface area (Å²) in [4.78, 5) is 4.01. The first-order valence-electron chi connectivity index (χ1n) is 5.82. The maximum atomic E-state index is 5.70. The fourth-order valence-electron chi connectivity index (χ4n) is 1.97. The molecule has 2 aromatic rings. The van der Waals surface area contributed by atoms with Gasteiger partial charge in [0.05, 0.1) is 0 Å². The van der Waals surface area contributed by atoms with E-state index < -0.39 is 0 Å². The van der Waals surface area contributed by atoms with Crippen LogP contribution in [0.15, 0.2) is 47.1 Å². The van der Waals surface area contributed by atoms with Gasteiger partial charge in [0.2, 0.25) is 0 Å². The zero-order chi connectivity index (χ0) is 13.0. The molecule has 0 aliphatic carbocycles. The third-order valence-electron chi connectivity index (χ3n) is 2.88. The van der Waals surface area contributed by atoms with Crippen molar-refractivity contribution in [2.45, 2.75) is 12.5 Å². The lowest BCUT2D eigenvalue weighted by Crippen LogP contribution is -2.18. The zero-order valence-corrected chi connectivity index (χ0v) is 11.8. The van der Waals surface area contributed by atoms with E-state index >= 15 is 0 Å². The first-order chi connectivity index (χ1) is 8.69. The Morgan fingerprint density at radius 1 is 1.33 bits per heavy atom. The molecule has 1 atom stereocenters. The van der Waals surface area contributed by atoms with Gasteiger partial charge in [-0.3, -0.25) is 0 Å². The highest BCUT2D eigenvalue weighted by molar-refractivity contribution is 9.10.